The summed E-state index contributed by atoms with van der Waals surface area (Å²) in [6.07, 6.45) is 3.23. The summed E-state index contributed by atoms with van der Waals surface area (Å²) >= 11 is 0. The second kappa shape index (κ2) is 5.51. The molecule has 1 amide bonds. The Hall–Kier alpha value is -2.83. The molecule has 0 unspecified atom stereocenters. The minimum absolute atomic E-state index is 0.0791. The van der Waals surface area contributed by atoms with Crippen molar-refractivity contribution in [3.8, 4) is 0 Å². The van der Waals surface area contributed by atoms with Gasteiger partial charge in [0.2, 0.25) is 0 Å². The molecule has 0 saturated carbocycles. The van der Waals surface area contributed by atoms with Crippen molar-refractivity contribution in [1.82, 2.24) is 19.9 Å². The van der Waals surface area contributed by atoms with Gasteiger partial charge >= 0.3 is 0 Å². The van der Waals surface area contributed by atoms with Crippen LogP contribution in [0, 0.1) is 18.6 Å². The molecular weight excluding hydrogens is 290 g/mol. The third-order valence-corrected chi connectivity index (χ3v) is 3.24. The van der Waals surface area contributed by atoms with Gasteiger partial charge in [-0.2, -0.15) is 5.10 Å². The number of hydrogen-bond acceptors (Lipinski definition) is 3. The quantitative estimate of drug-likeness (QED) is 0.807. The maximum atomic E-state index is 13.5. The van der Waals surface area contributed by atoms with Crippen molar-refractivity contribution >= 4 is 11.6 Å². The predicted octanol–water partition coefficient (Wildman–Crippen LogP) is 2.25. The number of aromatic nitrogens is 3. The lowest BCUT2D eigenvalue weighted by Gasteiger charge is -2.06. The fraction of sp³-hybridized carbons (Fsp3) is 0.133. The van der Waals surface area contributed by atoms with Crippen LogP contribution in [0.25, 0.3) is 5.65 Å². The van der Waals surface area contributed by atoms with Gasteiger partial charge in [-0.3, -0.25) is 4.79 Å². The Morgan fingerprint density at radius 1 is 1.36 bits per heavy atom. The third kappa shape index (κ3) is 2.52. The molecule has 112 valence electrons. The highest BCUT2D eigenvalue weighted by atomic mass is 19.1. The molecule has 5 nitrogen and oxygen atoms in total. The van der Waals surface area contributed by atoms with E-state index >= 15 is 0 Å². The number of nitrogens with one attached hydrogen (secondary N) is 1. The minimum atomic E-state index is -0.573. The lowest BCUT2D eigenvalue weighted by Crippen LogP contribution is -2.24. The normalized spacial score (nSPS) is 10.9. The first kappa shape index (κ1) is 14.1. The van der Waals surface area contributed by atoms with E-state index < -0.39 is 17.5 Å². The Kier molecular flexibility index (Phi) is 3.54. The SMILES string of the molecule is Cc1nn2cccnc2c1C(=O)NCc1cc(F)ccc1F. The Morgan fingerprint density at radius 2 is 2.18 bits per heavy atom. The van der Waals surface area contributed by atoms with E-state index in [1.807, 2.05) is 0 Å². The van der Waals surface area contributed by atoms with Crippen LogP contribution in [0.3, 0.4) is 0 Å². The molecule has 1 aromatic carbocycles. The molecule has 0 fully saturated rings. The zero-order valence-electron chi connectivity index (χ0n) is 11.7. The molecule has 0 atom stereocenters. The van der Waals surface area contributed by atoms with Crippen LogP contribution in [-0.4, -0.2) is 20.5 Å². The van der Waals surface area contributed by atoms with Gasteiger partial charge in [0.05, 0.1) is 5.69 Å². The standard InChI is InChI=1S/C15H12F2N4O/c1-9-13(14-18-5-2-6-21(14)20-9)15(22)19-8-10-7-11(16)3-4-12(10)17/h2-7H,8H2,1H3,(H,19,22). The van der Waals surface area contributed by atoms with Crippen LogP contribution in [-0.2, 0) is 6.54 Å². The predicted molar refractivity (Wildman–Crippen MR) is 75.3 cm³/mol. The first-order valence-corrected chi connectivity index (χ1v) is 6.58. The lowest BCUT2D eigenvalue weighted by molar-refractivity contribution is 0.0951. The van der Waals surface area contributed by atoms with Crippen LogP contribution >= 0.6 is 0 Å². The zero-order chi connectivity index (χ0) is 15.7. The van der Waals surface area contributed by atoms with Crippen LogP contribution < -0.4 is 5.32 Å². The summed E-state index contributed by atoms with van der Waals surface area (Å²) in [4.78, 5) is 16.4. The van der Waals surface area contributed by atoms with E-state index in [2.05, 4.69) is 15.4 Å². The average Bonchev–Trinajstić information content (AvgIpc) is 2.83. The van der Waals surface area contributed by atoms with Crippen molar-refractivity contribution in [1.29, 1.82) is 0 Å². The van der Waals surface area contributed by atoms with E-state index in [1.54, 1.807) is 25.4 Å². The van der Waals surface area contributed by atoms with Crippen molar-refractivity contribution < 1.29 is 13.6 Å². The first-order chi connectivity index (χ1) is 10.6. The Balaban J connectivity index is 1.85. The van der Waals surface area contributed by atoms with E-state index in [-0.39, 0.29) is 12.1 Å². The fourth-order valence-corrected chi connectivity index (χ4v) is 2.21. The summed E-state index contributed by atoms with van der Waals surface area (Å²) < 4.78 is 28.2. The van der Waals surface area contributed by atoms with Crippen LogP contribution in [0.4, 0.5) is 8.78 Å². The summed E-state index contributed by atoms with van der Waals surface area (Å²) in [7, 11) is 0. The molecule has 2 heterocycles. The number of halogens is 2. The van der Waals surface area contributed by atoms with E-state index in [0.717, 1.165) is 18.2 Å². The van der Waals surface area contributed by atoms with E-state index in [1.165, 1.54) is 4.52 Å². The lowest BCUT2D eigenvalue weighted by atomic mass is 10.2. The summed E-state index contributed by atoms with van der Waals surface area (Å²) in [5, 5.41) is 6.74. The molecule has 3 rings (SSSR count). The highest BCUT2D eigenvalue weighted by molar-refractivity contribution is 6.00. The van der Waals surface area contributed by atoms with Gasteiger partial charge in [-0.15, -0.1) is 0 Å². The molecule has 1 N–H and O–H groups in total. The second-order valence-electron chi connectivity index (χ2n) is 4.77. The van der Waals surface area contributed by atoms with Crippen LogP contribution in [0.1, 0.15) is 21.6 Å². The number of carbonyl (C=O) groups is 1. The van der Waals surface area contributed by atoms with Crippen LogP contribution in [0.2, 0.25) is 0 Å². The molecule has 7 heteroatoms. The highest BCUT2D eigenvalue weighted by Crippen LogP contribution is 2.14. The molecule has 0 radical (unpaired) electrons. The van der Waals surface area contributed by atoms with E-state index in [9.17, 15) is 13.6 Å². The van der Waals surface area contributed by atoms with E-state index in [4.69, 9.17) is 0 Å². The number of aryl methyl sites for hydroxylation is 1. The van der Waals surface area contributed by atoms with Crippen molar-refractivity contribution in [2.45, 2.75) is 13.5 Å². The van der Waals surface area contributed by atoms with Gasteiger partial charge in [-0.1, -0.05) is 0 Å². The number of fused-ring (bicyclic) bond motifs is 1. The number of hydrogen-bond donors (Lipinski definition) is 1. The van der Waals surface area contributed by atoms with Crippen molar-refractivity contribution in [3.63, 3.8) is 0 Å². The van der Waals surface area contributed by atoms with E-state index in [0.29, 0.717) is 16.9 Å². The fourth-order valence-electron chi connectivity index (χ4n) is 2.21. The number of nitrogens with zero attached hydrogens (tertiary/aromatic N) is 3. The maximum Gasteiger partial charge on any atom is 0.257 e. The van der Waals surface area contributed by atoms with Gasteiger partial charge < -0.3 is 5.32 Å². The molecule has 0 bridgehead atoms. The molecule has 2 aromatic heterocycles. The van der Waals surface area contributed by atoms with Gasteiger partial charge in [0.15, 0.2) is 5.65 Å². The van der Waals surface area contributed by atoms with Crippen molar-refractivity contribution in [2.75, 3.05) is 0 Å². The van der Waals surface area contributed by atoms with Gasteiger partial charge in [-0.05, 0) is 31.2 Å². The molecule has 0 spiro atoms. The monoisotopic (exact) mass is 302 g/mol. The largest absolute Gasteiger partial charge is 0.348 e. The van der Waals surface area contributed by atoms with Gasteiger partial charge in [0.1, 0.15) is 17.2 Å². The summed E-state index contributed by atoms with van der Waals surface area (Å²) in [5.41, 5.74) is 1.32. The first-order valence-electron chi connectivity index (χ1n) is 6.58. The minimum Gasteiger partial charge on any atom is -0.348 e. The molecule has 0 aliphatic carbocycles. The van der Waals surface area contributed by atoms with Gasteiger partial charge in [0, 0.05) is 24.5 Å². The Morgan fingerprint density at radius 3 is 3.00 bits per heavy atom. The highest BCUT2D eigenvalue weighted by Gasteiger charge is 2.18. The van der Waals surface area contributed by atoms with Crippen LogP contribution in [0.15, 0.2) is 36.7 Å². The Bertz CT molecular complexity index is 860. The zero-order valence-corrected chi connectivity index (χ0v) is 11.7. The van der Waals surface area contributed by atoms with Crippen molar-refractivity contribution in [2.24, 2.45) is 0 Å². The molecule has 0 aliphatic heterocycles. The van der Waals surface area contributed by atoms with Crippen molar-refractivity contribution in [3.05, 3.63) is 65.1 Å². The Labute approximate surface area is 124 Å². The number of amides is 1. The number of benzene rings is 1. The molecule has 3 aromatic rings. The van der Waals surface area contributed by atoms with Gasteiger partial charge in [-0.25, -0.2) is 18.3 Å². The molecular formula is C15H12F2N4O. The van der Waals surface area contributed by atoms with Gasteiger partial charge in [0.25, 0.3) is 5.91 Å². The maximum absolute atomic E-state index is 13.5. The summed E-state index contributed by atoms with van der Waals surface area (Å²) in [6.45, 7) is 1.57. The second-order valence-corrected chi connectivity index (χ2v) is 4.77. The third-order valence-electron chi connectivity index (χ3n) is 3.24. The smallest absolute Gasteiger partial charge is 0.257 e. The number of carbonyl (C=O) groups excluding carboxylic acids is 1. The van der Waals surface area contributed by atoms with Crippen LogP contribution in [0.5, 0.6) is 0 Å². The summed E-state index contributed by atoms with van der Waals surface area (Å²) in [6, 6.07) is 4.80. The topological polar surface area (TPSA) is 59.3 Å². The average molecular weight is 302 g/mol. The molecule has 22 heavy (non-hydrogen) atoms. The molecule has 0 saturated heterocycles. The number of rotatable bonds is 3. The summed E-state index contributed by atoms with van der Waals surface area (Å²) in [5.74, 6) is -1.56. The molecule has 0 aliphatic rings.